The Hall–Kier alpha value is -0.610. The number of rotatable bonds is 7. The highest BCUT2D eigenvalue weighted by atomic mass is 35.5. The molecule has 0 aromatic heterocycles. The summed E-state index contributed by atoms with van der Waals surface area (Å²) < 4.78 is 13.6. The summed E-state index contributed by atoms with van der Waals surface area (Å²) >= 11 is 0. The summed E-state index contributed by atoms with van der Waals surface area (Å²) in [6.07, 6.45) is 6.54. The number of nitrogens with zero attached hydrogens (tertiary/aromatic N) is 1. The number of hydrogen-bond donors (Lipinski definition) is 0. The van der Waals surface area contributed by atoms with Crippen molar-refractivity contribution in [3.8, 4) is 0 Å². The predicted molar refractivity (Wildman–Crippen MR) is 111 cm³/mol. The van der Waals surface area contributed by atoms with Crippen LogP contribution < -0.4 is 12.4 Å². The Bertz CT molecular complexity index is 566. The fourth-order valence-corrected chi connectivity index (χ4v) is 5.18. The van der Waals surface area contributed by atoms with Crippen molar-refractivity contribution in [3.05, 3.63) is 35.9 Å². The SMILES string of the molecule is CC(CC1OCC(C[N+]2(Cc3ccccc3)CCCCC2)O1)CC(C)(C)C.[Cl-]. The first-order valence-electron chi connectivity index (χ1n) is 11.0. The Balaban J connectivity index is 0.00000280. The zero-order valence-corrected chi connectivity index (χ0v) is 19.1. The van der Waals surface area contributed by atoms with E-state index in [1.807, 2.05) is 0 Å². The van der Waals surface area contributed by atoms with Crippen molar-refractivity contribution < 1.29 is 26.4 Å². The number of piperidine rings is 1. The zero-order valence-electron chi connectivity index (χ0n) is 18.3. The first kappa shape index (κ1) is 23.7. The summed E-state index contributed by atoms with van der Waals surface area (Å²) in [5, 5.41) is 0. The van der Waals surface area contributed by atoms with Gasteiger partial charge in [-0.15, -0.1) is 0 Å². The lowest BCUT2D eigenvalue weighted by molar-refractivity contribution is -0.947. The van der Waals surface area contributed by atoms with E-state index >= 15 is 0 Å². The van der Waals surface area contributed by atoms with Crippen LogP contribution >= 0.6 is 0 Å². The number of halogens is 1. The third-order valence-electron chi connectivity index (χ3n) is 6.08. The largest absolute Gasteiger partial charge is 1.00 e. The quantitative estimate of drug-likeness (QED) is 0.644. The van der Waals surface area contributed by atoms with Gasteiger partial charge < -0.3 is 26.4 Å². The lowest BCUT2D eigenvalue weighted by Crippen LogP contribution is -3.00. The normalized spacial score (nSPS) is 25.9. The van der Waals surface area contributed by atoms with Crippen LogP contribution in [0.25, 0.3) is 0 Å². The number of ether oxygens (including phenoxy) is 2. The molecule has 0 N–H and O–H groups in total. The van der Waals surface area contributed by atoms with Gasteiger partial charge in [-0.3, -0.25) is 0 Å². The van der Waals surface area contributed by atoms with Crippen molar-refractivity contribution in [1.29, 1.82) is 0 Å². The number of hydrogen-bond acceptors (Lipinski definition) is 2. The molecule has 3 rings (SSSR count). The Morgan fingerprint density at radius 2 is 1.75 bits per heavy atom. The smallest absolute Gasteiger partial charge is 0.158 e. The van der Waals surface area contributed by atoms with E-state index in [4.69, 9.17) is 9.47 Å². The van der Waals surface area contributed by atoms with Crippen LogP contribution in [0.5, 0.6) is 0 Å². The molecule has 0 spiro atoms. The highest BCUT2D eigenvalue weighted by Gasteiger charge is 2.38. The summed E-state index contributed by atoms with van der Waals surface area (Å²) in [4.78, 5) is 0. The molecular weight excluding hydrogens is 370 g/mol. The van der Waals surface area contributed by atoms with Crippen LogP contribution in [0.1, 0.15) is 65.4 Å². The van der Waals surface area contributed by atoms with E-state index in [-0.39, 0.29) is 24.8 Å². The first-order chi connectivity index (χ1) is 12.8. The van der Waals surface area contributed by atoms with Crippen LogP contribution in [0.2, 0.25) is 0 Å². The van der Waals surface area contributed by atoms with Crippen LogP contribution in [0.4, 0.5) is 0 Å². The van der Waals surface area contributed by atoms with Gasteiger partial charge in [0.15, 0.2) is 6.29 Å². The Kier molecular flexibility index (Phi) is 8.81. The second-order valence-electron chi connectivity index (χ2n) is 10.3. The van der Waals surface area contributed by atoms with Crippen molar-refractivity contribution in [1.82, 2.24) is 0 Å². The van der Waals surface area contributed by atoms with Crippen molar-refractivity contribution in [2.75, 3.05) is 26.2 Å². The molecule has 0 aliphatic carbocycles. The molecule has 3 unspecified atom stereocenters. The van der Waals surface area contributed by atoms with Crippen LogP contribution in [-0.2, 0) is 16.0 Å². The molecule has 3 nitrogen and oxygen atoms in total. The summed E-state index contributed by atoms with van der Waals surface area (Å²) in [7, 11) is 0. The summed E-state index contributed by atoms with van der Waals surface area (Å²) in [6, 6.07) is 11.0. The number of benzene rings is 1. The van der Waals surface area contributed by atoms with Crippen LogP contribution in [0.3, 0.4) is 0 Å². The second-order valence-corrected chi connectivity index (χ2v) is 10.3. The maximum Gasteiger partial charge on any atom is 0.158 e. The molecule has 2 aliphatic rings. The fourth-order valence-electron chi connectivity index (χ4n) is 5.18. The van der Waals surface area contributed by atoms with Crippen LogP contribution in [0.15, 0.2) is 30.3 Å². The van der Waals surface area contributed by atoms with Gasteiger partial charge in [0, 0.05) is 12.0 Å². The topological polar surface area (TPSA) is 18.5 Å². The minimum atomic E-state index is -0.00563. The lowest BCUT2D eigenvalue weighted by Gasteiger charge is -2.42. The van der Waals surface area contributed by atoms with E-state index in [0.717, 1.165) is 26.1 Å². The van der Waals surface area contributed by atoms with Crippen molar-refractivity contribution >= 4 is 0 Å². The summed E-state index contributed by atoms with van der Waals surface area (Å²) in [5.41, 5.74) is 1.82. The molecule has 0 saturated carbocycles. The van der Waals surface area contributed by atoms with E-state index < -0.39 is 0 Å². The van der Waals surface area contributed by atoms with E-state index in [0.29, 0.717) is 11.3 Å². The second kappa shape index (κ2) is 10.4. The monoisotopic (exact) mass is 409 g/mol. The number of quaternary nitrogens is 1. The molecule has 2 aliphatic heterocycles. The molecule has 2 fully saturated rings. The Labute approximate surface area is 178 Å². The molecule has 2 saturated heterocycles. The van der Waals surface area contributed by atoms with Gasteiger partial charge in [0.1, 0.15) is 19.2 Å². The van der Waals surface area contributed by atoms with Gasteiger partial charge in [-0.2, -0.15) is 0 Å². The average Bonchev–Trinajstić information content (AvgIpc) is 3.01. The van der Waals surface area contributed by atoms with Gasteiger partial charge in [0.2, 0.25) is 0 Å². The molecule has 2 heterocycles. The predicted octanol–water partition coefficient (Wildman–Crippen LogP) is 2.40. The van der Waals surface area contributed by atoms with E-state index in [1.165, 1.54) is 48.8 Å². The minimum absolute atomic E-state index is 0. The molecule has 28 heavy (non-hydrogen) atoms. The van der Waals surface area contributed by atoms with E-state index in [2.05, 4.69) is 58.0 Å². The van der Waals surface area contributed by atoms with Crippen molar-refractivity contribution in [2.45, 2.75) is 78.7 Å². The van der Waals surface area contributed by atoms with Gasteiger partial charge in [-0.25, -0.2) is 0 Å². The van der Waals surface area contributed by atoms with E-state index in [9.17, 15) is 0 Å². The average molecular weight is 410 g/mol. The minimum Gasteiger partial charge on any atom is -1.00 e. The zero-order chi connectivity index (χ0) is 19.3. The Morgan fingerprint density at radius 1 is 1.07 bits per heavy atom. The standard InChI is InChI=1S/C24H40NO2.ClH/c1-20(16-24(2,3)4)15-23-26-19-22(27-23)18-25(13-9-6-10-14-25)17-21-11-7-5-8-12-21;/h5,7-8,11-12,20,22-23H,6,9-10,13-19H2,1-4H3;1H/q+1;/p-1. The van der Waals surface area contributed by atoms with Gasteiger partial charge in [0.05, 0.1) is 19.7 Å². The molecule has 1 aromatic carbocycles. The maximum atomic E-state index is 6.37. The molecule has 0 bridgehead atoms. The molecule has 1 aromatic rings. The number of likely N-dealkylation sites (tertiary alicyclic amines) is 1. The molecule has 3 atom stereocenters. The molecule has 0 radical (unpaired) electrons. The van der Waals surface area contributed by atoms with Crippen molar-refractivity contribution in [2.24, 2.45) is 11.3 Å². The van der Waals surface area contributed by atoms with E-state index in [1.54, 1.807) is 0 Å². The highest BCUT2D eigenvalue weighted by Crippen LogP contribution is 2.31. The third kappa shape index (κ3) is 7.33. The molecule has 0 amide bonds. The first-order valence-corrected chi connectivity index (χ1v) is 11.0. The van der Waals surface area contributed by atoms with Gasteiger partial charge >= 0.3 is 0 Å². The summed E-state index contributed by atoms with van der Waals surface area (Å²) in [6.45, 7) is 14.8. The maximum absolute atomic E-state index is 6.37. The lowest BCUT2D eigenvalue weighted by atomic mass is 9.84. The fraction of sp³-hybridized carbons (Fsp3) is 0.750. The highest BCUT2D eigenvalue weighted by molar-refractivity contribution is 5.13. The molecule has 160 valence electrons. The van der Waals surface area contributed by atoms with Crippen LogP contribution in [-0.4, -0.2) is 43.1 Å². The van der Waals surface area contributed by atoms with Gasteiger partial charge in [-0.05, 0) is 37.0 Å². The van der Waals surface area contributed by atoms with Gasteiger partial charge in [0.25, 0.3) is 0 Å². The summed E-state index contributed by atoms with van der Waals surface area (Å²) in [5.74, 6) is 0.635. The van der Waals surface area contributed by atoms with Gasteiger partial charge in [-0.1, -0.05) is 58.0 Å². The Morgan fingerprint density at radius 3 is 2.39 bits per heavy atom. The van der Waals surface area contributed by atoms with Crippen molar-refractivity contribution in [3.63, 3.8) is 0 Å². The third-order valence-corrected chi connectivity index (χ3v) is 6.08. The van der Waals surface area contributed by atoms with Crippen LogP contribution in [0, 0.1) is 11.3 Å². The molecular formula is C24H40ClNO2. The molecule has 4 heteroatoms.